The average Bonchev–Trinajstić information content (AvgIpc) is 2.98. The van der Waals surface area contributed by atoms with Crippen molar-refractivity contribution in [3.63, 3.8) is 0 Å². The van der Waals surface area contributed by atoms with Gasteiger partial charge in [-0.3, -0.25) is 4.68 Å². The van der Waals surface area contributed by atoms with E-state index in [9.17, 15) is 0 Å². The molecule has 27 heavy (non-hydrogen) atoms. The lowest BCUT2D eigenvalue weighted by molar-refractivity contribution is 0.412. The van der Waals surface area contributed by atoms with Crippen LogP contribution in [0.15, 0.2) is 18.3 Å². The third-order valence-corrected chi connectivity index (χ3v) is 6.17. The molecule has 4 heterocycles. The monoisotopic (exact) mass is 381 g/mol. The van der Waals surface area contributed by atoms with Gasteiger partial charge in [-0.1, -0.05) is 11.3 Å². The van der Waals surface area contributed by atoms with Gasteiger partial charge >= 0.3 is 0 Å². The van der Waals surface area contributed by atoms with Gasteiger partial charge in [0.1, 0.15) is 5.69 Å². The van der Waals surface area contributed by atoms with Crippen LogP contribution in [0, 0.1) is 13.8 Å². The Balaban J connectivity index is 1.48. The summed E-state index contributed by atoms with van der Waals surface area (Å²) in [7, 11) is 3.62. The number of ether oxygens (including phenoxy) is 1. The van der Waals surface area contributed by atoms with E-state index in [1.165, 1.54) is 4.88 Å². The second-order valence-electron chi connectivity index (χ2n) is 6.95. The normalized spacial score (nSPS) is 19.0. The predicted molar refractivity (Wildman–Crippen MR) is 101 cm³/mol. The van der Waals surface area contributed by atoms with Crippen molar-refractivity contribution in [3.05, 3.63) is 40.3 Å². The van der Waals surface area contributed by atoms with Crippen LogP contribution in [0.25, 0.3) is 17.0 Å². The van der Waals surface area contributed by atoms with Crippen molar-refractivity contribution in [1.29, 1.82) is 0 Å². The van der Waals surface area contributed by atoms with Crippen LogP contribution < -0.4 is 4.74 Å². The van der Waals surface area contributed by atoms with E-state index in [1.807, 2.05) is 37.8 Å². The van der Waals surface area contributed by atoms with Gasteiger partial charge in [0.05, 0.1) is 18.5 Å². The highest BCUT2D eigenvalue weighted by Crippen LogP contribution is 2.56. The summed E-state index contributed by atoms with van der Waals surface area (Å²) in [5, 5.41) is 18.5. The molecule has 0 aromatic carbocycles. The zero-order chi connectivity index (χ0) is 18.7. The van der Waals surface area contributed by atoms with Crippen molar-refractivity contribution in [1.82, 2.24) is 34.6 Å². The van der Waals surface area contributed by atoms with Gasteiger partial charge in [-0.2, -0.15) is 14.7 Å². The van der Waals surface area contributed by atoms with Crippen LogP contribution >= 0.6 is 11.3 Å². The summed E-state index contributed by atoms with van der Waals surface area (Å²) in [4.78, 5) is 5.55. The van der Waals surface area contributed by atoms with Gasteiger partial charge in [-0.05, 0) is 38.0 Å². The lowest BCUT2D eigenvalue weighted by atomic mass is 10.2. The minimum absolute atomic E-state index is 0.427. The average molecular weight is 381 g/mol. The third kappa shape index (κ3) is 2.61. The largest absolute Gasteiger partial charge is 0.473 e. The summed E-state index contributed by atoms with van der Waals surface area (Å²) >= 11 is 1.62. The van der Waals surface area contributed by atoms with Crippen LogP contribution in [-0.2, 0) is 7.05 Å². The van der Waals surface area contributed by atoms with Crippen LogP contribution in [0.5, 0.6) is 5.19 Å². The Morgan fingerprint density at radius 3 is 2.78 bits per heavy atom. The molecule has 0 unspecified atom stereocenters. The second-order valence-corrected chi connectivity index (χ2v) is 7.98. The summed E-state index contributed by atoms with van der Waals surface area (Å²) in [5.41, 5.74) is 4.81. The maximum absolute atomic E-state index is 5.21. The molecule has 0 amide bonds. The molecule has 1 fully saturated rings. The van der Waals surface area contributed by atoms with Gasteiger partial charge in [0.2, 0.25) is 0 Å². The standard InChI is InChI=1S/C18H19N7OS/c1-9-5-14(23-25-10(2)20-21-17(9)25)15-7-13(22-24(15)3)11-6-12(11)16-8-19-18(26-4)27-16/h5,7-8,11-12H,6H2,1-4H3/t11-,12-/m1/s1. The van der Waals surface area contributed by atoms with Crippen LogP contribution in [0.1, 0.15) is 40.2 Å². The van der Waals surface area contributed by atoms with E-state index >= 15 is 0 Å². The third-order valence-electron chi connectivity index (χ3n) is 5.08. The van der Waals surface area contributed by atoms with E-state index in [0.29, 0.717) is 11.8 Å². The Bertz CT molecular complexity index is 1160. The van der Waals surface area contributed by atoms with Crippen molar-refractivity contribution >= 4 is 17.0 Å². The van der Waals surface area contributed by atoms with E-state index in [0.717, 1.165) is 45.7 Å². The van der Waals surface area contributed by atoms with Gasteiger partial charge in [-0.15, -0.1) is 10.2 Å². The molecule has 5 rings (SSSR count). The Kier molecular flexibility index (Phi) is 3.55. The van der Waals surface area contributed by atoms with Gasteiger partial charge in [0.15, 0.2) is 11.5 Å². The molecule has 0 radical (unpaired) electrons. The van der Waals surface area contributed by atoms with Crippen molar-refractivity contribution in [3.8, 4) is 16.6 Å². The van der Waals surface area contributed by atoms with Gasteiger partial charge in [0, 0.05) is 30.0 Å². The molecule has 0 spiro atoms. The Morgan fingerprint density at radius 1 is 1.15 bits per heavy atom. The fourth-order valence-electron chi connectivity index (χ4n) is 3.54. The van der Waals surface area contributed by atoms with Gasteiger partial charge in [0.25, 0.3) is 5.19 Å². The van der Waals surface area contributed by atoms with E-state index in [4.69, 9.17) is 14.9 Å². The molecule has 0 saturated heterocycles. The zero-order valence-corrected chi connectivity index (χ0v) is 16.4. The molecule has 2 atom stereocenters. The summed E-state index contributed by atoms with van der Waals surface area (Å²) < 4.78 is 8.91. The Hall–Kier alpha value is -2.81. The quantitative estimate of drug-likeness (QED) is 0.540. The first kappa shape index (κ1) is 16.4. The Labute approximate surface area is 159 Å². The molecule has 8 nitrogen and oxygen atoms in total. The van der Waals surface area contributed by atoms with Gasteiger partial charge in [-0.25, -0.2) is 4.98 Å². The van der Waals surface area contributed by atoms with Gasteiger partial charge < -0.3 is 4.74 Å². The number of rotatable bonds is 4. The summed E-state index contributed by atoms with van der Waals surface area (Å²) in [6.07, 6.45) is 3.02. The zero-order valence-electron chi connectivity index (χ0n) is 15.5. The molecule has 1 saturated carbocycles. The molecule has 4 aromatic rings. The lowest BCUT2D eigenvalue weighted by Crippen LogP contribution is -2.02. The SMILES string of the molecule is COc1ncc([C@@H]2C[C@H]2c2cc(-c3cc(C)c4nnc(C)n4n3)n(C)n2)s1. The van der Waals surface area contributed by atoms with Crippen molar-refractivity contribution in [2.45, 2.75) is 32.1 Å². The maximum Gasteiger partial charge on any atom is 0.273 e. The molecule has 0 bridgehead atoms. The number of thiazole rings is 1. The van der Waals surface area contributed by atoms with E-state index in [1.54, 1.807) is 23.0 Å². The number of methoxy groups -OCH3 is 1. The first-order valence-corrected chi connectivity index (χ1v) is 9.60. The smallest absolute Gasteiger partial charge is 0.273 e. The lowest BCUT2D eigenvalue weighted by Gasteiger charge is -2.04. The highest BCUT2D eigenvalue weighted by molar-refractivity contribution is 7.13. The first-order valence-electron chi connectivity index (χ1n) is 8.79. The van der Waals surface area contributed by atoms with Crippen molar-refractivity contribution in [2.75, 3.05) is 7.11 Å². The fraction of sp³-hybridized carbons (Fsp3) is 0.389. The fourth-order valence-corrected chi connectivity index (χ4v) is 4.44. The molecule has 1 aliphatic rings. The molecule has 0 aliphatic heterocycles. The highest BCUT2D eigenvalue weighted by Gasteiger charge is 2.43. The first-order chi connectivity index (χ1) is 13.0. The van der Waals surface area contributed by atoms with E-state index in [-0.39, 0.29) is 0 Å². The predicted octanol–water partition coefficient (Wildman–Crippen LogP) is 2.88. The Morgan fingerprint density at radius 2 is 2.00 bits per heavy atom. The highest BCUT2D eigenvalue weighted by atomic mass is 32.1. The molecule has 9 heteroatoms. The topological polar surface area (TPSA) is 83.0 Å². The molecule has 4 aromatic heterocycles. The summed E-state index contributed by atoms with van der Waals surface area (Å²) in [6, 6.07) is 4.19. The molecular formula is C18H19N7OS. The minimum Gasteiger partial charge on any atom is -0.473 e. The number of aryl methyl sites for hydroxylation is 3. The molecular weight excluding hydrogens is 362 g/mol. The van der Waals surface area contributed by atoms with Crippen molar-refractivity contribution in [2.24, 2.45) is 7.05 Å². The summed E-state index contributed by atoms with van der Waals surface area (Å²) in [5.74, 6) is 1.68. The van der Waals surface area contributed by atoms with Crippen LogP contribution in [-0.4, -0.2) is 41.7 Å². The minimum atomic E-state index is 0.427. The number of aromatic nitrogens is 7. The maximum atomic E-state index is 5.21. The number of hydrogen-bond donors (Lipinski definition) is 0. The molecule has 0 N–H and O–H groups in total. The van der Waals surface area contributed by atoms with Crippen LogP contribution in [0.2, 0.25) is 0 Å². The van der Waals surface area contributed by atoms with Crippen molar-refractivity contribution < 1.29 is 4.74 Å². The molecule has 1 aliphatic carbocycles. The number of fused-ring (bicyclic) bond motifs is 1. The molecule has 138 valence electrons. The number of nitrogens with zero attached hydrogens (tertiary/aromatic N) is 7. The summed E-state index contributed by atoms with van der Waals surface area (Å²) in [6.45, 7) is 3.93. The van der Waals surface area contributed by atoms with Crippen LogP contribution in [0.3, 0.4) is 0 Å². The second kappa shape index (κ2) is 5.85. The van der Waals surface area contributed by atoms with E-state index in [2.05, 4.69) is 21.2 Å². The van der Waals surface area contributed by atoms with Crippen LogP contribution in [0.4, 0.5) is 0 Å². The number of hydrogen-bond acceptors (Lipinski definition) is 7. The van der Waals surface area contributed by atoms with E-state index < -0.39 is 0 Å².